The van der Waals surface area contributed by atoms with Crippen LogP contribution in [0.2, 0.25) is 0 Å². The van der Waals surface area contributed by atoms with E-state index >= 15 is 0 Å². The van der Waals surface area contributed by atoms with Crippen LogP contribution in [0.3, 0.4) is 0 Å². The van der Waals surface area contributed by atoms with Gasteiger partial charge in [0.05, 0.1) is 5.56 Å². The molecule has 0 bridgehead atoms. The van der Waals surface area contributed by atoms with Crippen molar-refractivity contribution in [2.24, 2.45) is 0 Å². The van der Waals surface area contributed by atoms with Crippen LogP contribution in [0.25, 0.3) is 0 Å². The van der Waals surface area contributed by atoms with E-state index in [1.807, 2.05) is 6.92 Å². The summed E-state index contributed by atoms with van der Waals surface area (Å²) in [5.74, 6) is 0. The molecule has 0 spiro atoms. The molecule has 0 amide bonds. The van der Waals surface area contributed by atoms with Crippen molar-refractivity contribution in [3.8, 4) is 0 Å². The normalized spacial score (nSPS) is 11.2. The SMILES string of the molecule is CCCNC(=S)Nc1cc(C)cc(C(F)(F)F)c1. The van der Waals surface area contributed by atoms with Gasteiger partial charge >= 0.3 is 6.18 Å². The highest BCUT2D eigenvalue weighted by Gasteiger charge is 2.30. The standard InChI is InChI=1S/C12H15F3N2S/c1-3-4-16-11(18)17-10-6-8(2)5-9(7-10)12(13,14)15/h5-7H,3-4H2,1-2H3,(H2,16,17,18). The Bertz CT molecular complexity index is 430. The molecule has 0 fully saturated rings. The van der Waals surface area contributed by atoms with Crippen LogP contribution in [0.15, 0.2) is 18.2 Å². The minimum absolute atomic E-state index is 0.329. The molecule has 0 heterocycles. The van der Waals surface area contributed by atoms with E-state index in [1.54, 1.807) is 13.0 Å². The maximum absolute atomic E-state index is 12.6. The number of hydrogen-bond donors (Lipinski definition) is 2. The molecule has 0 atom stereocenters. The van der Waals surface area contributed by atoms with E-state index in [2.05, 4.69) is 10.6 Å². The van der Waals surface area contributed by atoms with Crippen molar-refractivity contribution in [2.45, 2.75) is 26.4 Å². The fraction of sp³-hybridized carbons (Fsp3) is 0.417. The fourth-order valence-corrected chi connectivity index (χ4v) is 1.65. The van der Waals surface area contributed by atoms with Gasteiger partial charge in [0.1, 0.15) is 0 Å². The fourth-order valence-electron chi connectivity index (χ4n) is 1.43. The van der Waals surface area contributed by atoms with Gasteiger partial charge in [-0.1, -0.05) is 6.92 Å². The summed E-state index contributed by atoms with van der Waals surface area (Å²) in [5, 5.41) is 5.98. The number of rotatable bonds is 3. The molecule has 0 aliphatic carbocycles. The number of anilines is 1. The van der Waals surface area contributed by atoms with Crippen LogP contribution in [0, 0.1) is 6.92 Å². The van der Waals surface area contributed by atoms with E-state index in [0.29, 0.717) is 22.9 Å². The van der Waals surface area contributed by atoms with Gasteiger partial charge in [0.15, 0.2) is 5.11 Å². The zero-order chi connectivity index (χ0) is 13.8. The Morgan fingerprint density at radius 2 is 1.94 bits per heavy atom. The minimum Gasteiger partial charge on any atom is -0.362 e. The van der Waals surface area contributed by atoms with E-state index in [1.165, 1.54) is 0 Å². The lowest BCUT2D eigenvalue weighted by molar-refractivity contribution is -0.137. The first-order valence-corrected chi connectivity index (χ1v) is 5.97. The Labute approximate surface area is 110 Å². The molecule has 2 nitrogen and oxygen atoms in total. The minimum atomic E-state index is -4.35. The summed E-state index contributed by atoms with van der Waals surface area (Å²) in [6.07, 6.45) is -3.45. The van der Waals surface area contributed by atoms with Gasteiger partial charge < -0.3 is 10.6 Å². The van der Waals surface area contributed by atoms with Crippen molar-refractivity contribution < 1.29 is 13.2 Å². The quantitative estimate of drug-likeness (QED) is 0.823. The molecule has 18 heavy (non-hydrogen) atoms. The molecule has 100 valence electrons. The Hall–Kier alpha value is -1.30. The van der Waals surface area contributed by atoms with E-state index in [4.69, 9.17) is 12.2 Å². The van der Waals surface area contributed by atoms with Gasteiger partial charge in [-0.15, -0.1) is 0 Å². The van der Waals surface area contributed by atoms with Crippen molar-refractivity contribution in [3.05, 3.63) is 29.3 Å². The molecular weight excluding hydrogens is 261 g/mol. The topological polar surface area (TPSA) is 24.1 Å². The number of nitrogens with one attached hydrogen (secondary N) is 2. The van der Waals surface area contributed by atoms with Gasteiger partial charge in [0.25, 0.3) is 0 Å². The molecule has 0 aliphatic rings. The number of halogens is 3. The first-order chi connectivity index (χ1) is 8.32. The lowest BCUT2D eigenvalue weighted by Gasteiger charge is -2.13. The van der Waals surface area contributed by atoms with Gasteiger partial charge in [-0.2, -0.15) is 13.2 Å². The molecule has 1 aromatic carbocycles. The monoisotopic (exact) mass is 276 g/mol. The van der Waals surface area contributed by atoms with Crippen LogP contribution in [0.4, 0.5) is 18.9 Å². The Kier molecular flexibility index (Phi) is 4.95. The number of alkyl halides is 3. The maximum Gasteiger partial charge on any atom is 0.416 e. The summed E-state index contributed by atoms with van der Waals surface area (Å²) in [5.41, 5.74) is 0.199. The van der Waals surface area contributed by atoms with Crippen LogP contribution < -0.4 is 10.6 Å². The Morgan fingerprint density at radius 1 is 1.28 bits per heavy atom. The van der Waals surface area contributed by atoms with Gasteiger partial charge in [-0.25, -0.2) is 0 Å². The molecule has 1 aromatic rings. The van der Waals surface area contributed by atoms with E-state index in [0.717, 1.165) is 18.6 Å². The lowest BCUT2D eigenvalue weighted by atomic mass is 10.1. The van der Waals surface area contributed by atoms with Crippen molar-refractivity contribution in [3.63, 3.8) is 0 Å². The Morgan fingerprint density at radius 3 is 2.50 bits per heavy atom. The number of benzene rings is 1. The highest BCUT2D eigenvalue weighted by molar-refractivity contribution is 7.80. The zero-order valence-corrected chi connectivity index (χ0v) is 11.0. The first kappa shape index (κ1) is 14.8. The molecule has 6 heteroatoms. The molecule has 0 unspecified atom stereocenters. The number of thiocarbonyl (C=S) groups is 1. The predicted octanol–water partition coefficient (Wildman–Crippen LogP) is 3.71. The molecule has 1 rings (SSSR count). The van der Waals surface area contributed by atoms with Crippen molar-refractivity contribution in [2.75, 3.05) is 11.9 Å². The Balaban J connectivity index is 2.84. The molecule has 0 saturated heterocycles. The molecule has 0 radical (unpaired) electrons. The van der Waals surface area contributed by atoms with Gasteiger partial charge in [0.2, 0.25) is 0 Å². The third-order valence-electron chi connectivity index (χ3n) is 2.20. The molecule has 2 N–H and O–H groups in total. The van der Waals surface area contributed by atoms with Crippen molar-refractivity contribution in [1.82, 2.24) is 5.32 Å². The third kappa shape index (κ3) is 4.52. The van der Waals surface area contributed by atoms with Crippen LogP contribution in [0.1, 0.15) is 24.5 Å². The second-order valence-electron chi connectivity index (χ2n) is 3.97. The van der Waals surface area contributed by atoms with E-state index in [9.17, 15) is 13.2 Å². The smallest absolute Gasteiger partial charge is 0.362 e. The third-order valence-corrected chi connectivity index (χ3v) is 2.44. The van der Waals surface area contributed by atoms with Gasteiger partial charge in [-0.3, -0.25) is 0 Å². The van der Waals surface area contributed by atoms with Crippen LogP contribution in [-0.4, -0.2) is 11.7 Å². The zero-order valence-electron chi connectivity index (χ0n) is 10.2. The number of hydrogen-bond acceptors (Lipinski definition) is 1. The molecule has 0 aromatic heterocycles. The van der Waals surface area contributed by atoms with E-state index < -0.39 is 11.7 Å². The average molecular weight is 276 g/mol. The molecule has 0 aliphatic heterocycles. The summed E-state index contributed by atoms with van der Waals surface area (Å²) < 4.78 is 37.8. The number of aryl methyl sites for hydroxylation is 1. The molecule has 0 saturated carbocycles. The second kappa shape index (κ2) is 6.04. The summed E-state index contributed by atoms with van der Waals surface area (Å²) >= 11 is 4.98. The molecular formula is C12H15F3N2S. The first-order valence-electron chi connectivity index (χ1n) is 5.56. The van der Waals surface area contributed by atoms with E-state index in [-0.39, 0.29) is 0 Å². The van der Waals surface area contributed by atoms with Gasteiger partial charge in [0, 0.05) is 12.2 Å². The van der Waals surface area contributed by atoms with Crippen LogP contribution >= 0.6 is 12.2 Å². The average Bonchev–Trinajstić information content (AvgIpc) is 2.24. The predicted molar refractivity (Wildman–Crippen MR) is 70.7 cm³/mol. The largest absolute Gasteiger partial charge is 0.416 e. The lowest BCUT2D eigenvalue weighted by Crippen LogP contribution is -2.29. The summed E-state index contributed by atoms with van der Waals surface area (Å²) in [6, 6.07) is 3.77. The van der Waals surface area contributed by atoms with Gasteiger partial charge in [-0.05, 0) is 49.3 Å². The second-order valence-corrected chi connectivity index (χ2v) is 4.37. The summed E-state index contributed by atoms with van der Waals surface area (Å²) in [6.45, 7) is 4.27. The maximum atomic E-state index is 12.6. The summed E-state index contributed by atoms with van der Waals surface area (Å²) in [7, 11) is 0. The highest BCUT2D eigenvalue weighted by Crippen LogP contribution is 2.31. The summed E-state index contributed by atoms with van der Waals surface area (Å²) in [4.78, 5) is 0. The van der Waals surface area contributed by atoms with Crippen molar-refractivity contribution >= 4 is 23.0 Å². The van der Waals surface area contributed by atoms with Crippen LogP contribution in [0.5, 0.6) is 0 Å². The highest BCUT2D eigenvalue weighted by atomic mass is 32.1. The van der Waals surface area contributed by atoms with Crippen molar-refractivity contribution in [1.29, 1.82) is 0 Å². The van der Waals surface area contributed by atoms with Crippen LogP contribution in [-0.2, 0) is 6.18 Å².